The molecule has 2 heterocycles. The monoisotopic (exact) mass is 403 g/mol. The summed E-state index contributed by atoms with van der Waals surface area (Å²) in [5.41, 5.74) is 4.35. The SMILES string of the molecule is COC(=O)c1cc(/N=C/c2cc3ccccc3n2CC2CC2)c2c(c1)OCCN2C. The molecule has 2 aromatic carbocycles. The summed E-state index contributed by atoms with van der Waals surface area (Å²) >= 11 is 0. The van der Waals surface area contributed by atoms with Gasteiger partial charge in [0.15, 0.2) is 0 Å². The first-order valence-electron chi connectivity index (χ1n) is 10.4. The van der Waals surface area contributed by atoms with Crippen molar-refractivity contribution >= 4 is 34.5 Å². The Labute approximate surface area is 175 Å². The quantitative estimate of drug-likeness (QED) is 0.468. The third-order valence-corrected chi connectivity index (χ3v) is 5.86. The predicted molar refractivity (Wildman–Crippen MR) is 118 cm³/mol. The van der Waals surface area contributed by atoms with Crippen molar-refractivity contribution < 1.29 is 14.3 Å². The Morgan fingerprint density at radius 2 is 2.10 bits per heavy atom. The summed E-state index contributed by atoms with van der Waals surface area (Å²) in [6, 6.07) is 14.1. The maximum Gasteiger partial charge on any atom is 0.338 e. The van der Waals surface area contributed by atoms with Crippen LogP contribution in [0.2, 0.25) is 0 Å². The van der Waals surface area contributed by atoms with E-state index in [0.29, 0.717) is 23.6 Å². The largest absolute Gasteiger partial charge is 0.489 e. The fraction of sp³-hybridized carbons (Fsp3) is 0.333. The Morgan fingerprint density at radius 1 is 1.27 bits per heavy atom. The number of hydrogen-bond donors (Lipinski definition) is 0. The molecule has 0 radical (unpaired) electrons. The fourth-order valence-electron chi connectivity index (χ4n) is 4.06. The highest BCUT2D eigenvalue weighted by atomic mass is 16.5. The lowest BCUT2D eigenvalue weighted by atomic mass is 10.1. The predicted octanol–water partition coefficient (Wildman–Crippen LogP) is 4.42. The molecular formula is C24H25N3O3. The lowest BCUT2D eigenvalue weighted by molar-refractivity contribution is 0.0600. The van der Waals surface area contributed by atoms with Crippen LogP contribution in [0.1, 0.15) is 28.9 Å². The van der Waals surface area contributed by atoms with Crippen LogP contribution < -0.4 is 9.64 Å². The number of methoxy groups -OCH3 is 1. The minimum Gasteiger partial charge on any atom is -0.489 e. The van der Waals surface area contributed by atoms with Gasteiger partial charge in [0.1, 0.15) is 18.0 Å². The Morgan fingerprint density at radius 3 is 2.90 bits per heavy atom. The molecule has 2 aliphatic rings. The molecule has 1 aliphatic carbocycles. The van der Waals surface area contributed by atoms with E-state index >= 15 is 0 Å². The number of carbonyl (C=O) groups excluding carboxylic acids is 1. The molecule has 6 nitrogen and oxygen atoms in total. The molecule has 1 aliphatic heterocycles. The first kappa shape index (κ1) is 18.7. The van der Waals surface area contributed by atoms with Crippen molar-refractivity contribution in [1.82, 2.24) is 4.57 Å². The van der Waals surface area contributed by atoms with Gasteiger partial charge in [-0.05, 0) is 43.0 Å². The van der Waals surface area contributed by atoms with E-state index < -0.39 is 5.97 Å². The van der Waals surface area contributed by atoms with Crippen LogP contribution in [-0.4, -0.2) is 44.1 Å². The van der Waals surface area contributed by atoms with Crippen LogP contribution in [0.15, 0.2) is 47.5 Å². The molecule has 1 saturated carbocycles. The van der Waals surface area contributed by atoms with Crippen molar-refractivity contribution in [1.29, 1.82) is 0 Å². The summed E-state index contributed by atoms with van der Waals surface area (Å²) in [6.45, 7) is 2.36. The molecule has 0 amide bonds. The van der Waals surface area contributed by atoms with E-state index in [4.69, 9.17) is 14.5 Å². The fourth-order valence-corrected chi connectivity index (χ4v) is 4.06. The molecule has 30 heavy (non-hydrogen) atoms. The first-order valence-corrected chi connectivity index (χ1v) is 10.4. The summed E-state index contributed by atoms with van der Waals surface area (Å²) < 4.78 is 13.1. The van der Waals surface area contributed by atoms with Crippen molar-refractivity contribution in [3.8, 4) is 5.75 Å². The Hall–Kier alpha value is -3.28. The molecule has 0 spiro atoms. The second-order valence-electron chi connectivity index (χ2n) is 8.04. The van der Waals surface area contributed by atoms with Crippen molar-refractivity contribution in [3.63, 3.8) is 0 Å². The van der Waals surface area contributed by atoms with E-state index in [9.17, 15) is 4.79 Å². The van der Waals surface area contributed by atoms with Gasteiger partial charge in [0.05, 0.1) is 36.8 Å². The second-order valence-corrected chi connectivity index (χ2v) is 8.04. The number of likely N-dealkylation sites (N-methyl/N-ethyl adjacent to an activating group) is 1. The molecule has 5 rings (SSSR count). The topological polar surface area (TPSA) is 56.1 Å². The lowest BCUT2D eigenvalue weighted by Gasteiger charge is -2.29. The number of carbonyl (C=O) groups is 1. The highest BCUT2D eigenvalue weighted by molar-refractivity contribution is 5.96. The Kier molecular flexibility index (Phi) is 4.69. The molecule has 0 unspecified atom stereocenters. The van der Waals surface area contributed by atoms with Gasteiger partial charge in [-0.3, -0.25) is 4.99 Å². The number of anilines is 1. The number of para-hydroxylation sites is 1. The average Bonchev–Trinajstić information content (AvgIpc) is 3.52. The third-order valence-electron chi connectivity index (χ3n) is 5.86. The summed E-state index contributed by atoms with van der Waals surface area (Å²) in [4.78, 5) is 19.1. The van der Waals surface area contributed by atoms with E-state index in [1.54, 1.807) is 12.1 Å². The third kappa shape index (κ3) is 3.43. The number of benzene rings is 2. The maximum absolute atomic E-state index is 12.2. The number of esters is 1. The minimum atomic E-state index is -0.395. The molecule has 3 aromatic rings. The van der Waals surface area contributed by atoms with E-state index in [1.165, 1.54) is 30.9 Å². The van der Waals surface area contributed by atoms with Gasteiger partial charge in [-0.25, -0.2) is 4.79 Å². The van der Waals surface area contributed by atoms with Crippen molar-refractivity contribution in [2.75, 3.05) is 32.2 Å². The molecule has 154 valence electrons. The van der Waals surface area contributed by atoms with Crippen molar-refractivity contribution in [3.05, 3.63) is 53.7 Å². The molecule has 0 atom stereocenters. The number of ether oxygens (including phenoxy) is 2. The van der Waals surface area contributed by atoms with E-state index in [1.807, 2.05) is 13.3 Å². The van der Waals surface area contributed by atoms with Crippen LogP contribution in [0.4, 0.5) is 11.4 Å². The van der Waals surface area contributed by atoms with Gasteiger partial charge in [0.2, 0.25) is 0 Å². The molecule has 0 N–H and O–H groups in total. The Balaban J connectivity index is 1.59. The molecule has 0 saturated heterocycles. The molecule has 1 aromatic heterocycles. The van der Waals surface area contributed by atoms with E-state index in [-0.39, 0.29) is 0 Å². The zero-order valence-electron chi connectivity index (χ0n) is 17.3. The van der Waals surface area contributed by atoms with Crippen LogP contribution in [0.3, 0.4) is 0 Å². The normalized spacial score (nSPS) is 16.0. The van der Waals surface area contributed by atoms with Crippen LogP contribution in [0, 0.1) is 5.92 Å². The highest BCUT2D eigenvalue weighted by Crippen LogP contribution is 2.41. The number of hydrogen-bond acceptors (Lipinski definition) is 5. The van der Waals surface area contributed by atoms with Gasteiger partial charge in [-0.1, -0.05) is 18.2 Å². The van der Waals surface area contributed by atoms with Gasteiger partial charge >= 0.3 is 5.97 Å². The first-order chi connectivity index (χ1) is 14.6. The number of nitrogens with zero attached hydrogens (tertiary/aromatic N) is 3. The summed E-state index contributed by atoms with van der Waals surface area (Å²) in [5, 5.41) is 1.21. The summed E-state index contributed by atoms with van der Waals surface area (Å²) in [6.07, 6.45) is 4.49. The van der Waals surface area contributed by atoms with Crippen LogP contribution >= 0.6 is 0 Å². The number of fused-ring (bicyclic) bond motifs is 2. The smallest absolute Gasteiger partial charge is 0.338 e. The van der Waals surface area contributed by atoms with Gasteiger partial charge in [-0.15, -0.1) is 0 Å². The van der Waals surface area contributed by atoms with Crippen LogP contribution in [0.5, 0.6) is 5.75 Å². The molecule has 6 heteroatoms. The van der Waals surface area contributed by atoms with E-state index in [2.05, 4.69) is 39.8 Å². The second kappa shape index (κ2) is 7.52. The zero-order valence-corrected chi connectivity index (χ0v) is 17.3. The van der Waals surface area contributed by atoms with Crippen LogP contribution in [-0.2, 0) is 11.3 Å². The molecular weight excluding hydrogens is 378 g/mol. The standard InChI is InChI=1S/C24H25N3O3/c1-26-9-10-30-22-13-18(24(28)29-2)12-20(23(22)26)25-14-19-11-17-5-3-4-6-21(17)27(19)15-16-7-8-16/h3-6,11-14,16H,7-10,15H2,1-2H3/b25-14+. The average molecular weight is 403 g/mol. The van der Waals surface area contributed by atoms with Gasteiger partial charge in [0, 0.05) is 24.5 Å². The number of aliphatic imine (C=N–C) groups is 1. The molecule has 1 fully saturated rings. The van der Waals surface area contributed by atoms with Crippen LogP contribution in [0.25, 0.3) is 10.9 Å². The van der Waals surface area contributed by atoms with Crippen molar-refractivity contribution in [2.24, 2.45) is 10.9 Å². The Bertz CT molecular complexity index is 1140. The van der Waals surface area contributed by atoms with Gasteiger partial charge in [-0.2, -0.15) is 0 Å². The van der Waals surface area contributed by atoms with E-state index in [0.717, 1.165) is 30.4 Å². The van der Waals surface area contributed by atoms with Crippen molar-refractivity contribution in [2.45, 2.75) is 19.4 Å². The number of aromatic nitrogens is 1. The maximum atomic E-state index is 12.2. The number of rotatable bonds is 5. The summed E-state index contributed by atoms with van der Waals surface area (Å²) in [5.74, 6) is 1.02. The zero-order chi connectivity index (χ0) is 20.7. The summed E-state index contributed by atoms with van der Waals surface area (Å²) in [7, 11) is 3.40. The van der Waals surface area contributed by atoms with Gasteiger partial charge in [0.25, 0.3) is 0 Å². The lowest BCUT2D eigenvalue weighted by Crippen LogP contribution is -2.29. The highest BCUT2D eigenvalue weighted by Gasteiger charge is 2.24. The molecule has 0 bridgehead atoms. The minimum absolute atomic E-state index is 0.395. The van der Waals surface area contributed by atoms with Gasteiger partial charge < -0.3 is 18.9 Å².